The first-order valence-electron chi connectivity index (χ1n) is 10.3. The van der Waals surface area contributed by atoms with Crippen molar-refractivity contribution < 1.29 is 9.47 Å². The molecule has 0 N–H and O–H groups in total. The SMILES string of the molecule is COc1ccc(OC)c(-c2csc(=Nc3cccnc3)n2N=C2CCc3ccccc32)c1. The Bertz CT molecular complexity index is 1360. The molecule has 1 aliphatic carbocycles. The lowest BCUT2D eigenvalue weighted by Gasteiger charge is -2.11. The predicted molar refractivity (Wildman–Crippen MR) is 127 cm³/mol. The van der Waals surface area contributed by atoms with Crippen molar-refractivity contribution in [2.45, 2.75) is 12.8 Å². The number of aryl methyl sites for hydroxylation is 1. The van der Waals surface area contributed by atoms with Gasteiger partial charge in [0.05, 0.1) is 37.5 Å². The van der Waals surface area contributed by atoms with E-state index in [2.05, 4.69) is 34.6 Å². The lowest BCUT2D eigenvalue weighted by atomic mass is 10.1. The van der Waals surface area contributed by atoms with E-state index in [-0.39, 0.29) is 0 Å². The zero-order chi connectivity index (χ0) is 21.9. The number of methoxy groups -OCH3 is 2. The van der Waals surface area contributed by atoms with Crippen molar-refractivity contribution in [1.29, 1.82) is 0 Å². The molecule has 1 aliphatic rings. The van der Waals surface area contributed by atoms with E-state index in [0.29, 0.717) is 0 Å². The second-order valence-corrected chi connectivity index (χ2v) is 8.14. The minimum absolute atomic E-state index is 0.747. The Morgan fingerprint density at radius 1 is 0.969 bits per heavy atom. The van der Waals surface area contributed by atoms with Crippen molar-refractivity contribution in [2.24, 2.45) is 10.1 Å². The molecule has 0 unspecified atom stereocenters. The maximum absolute atomic E-state index is 5.65. The van der Waals surface area contributed by atoms with Gasteiger partial charge in [-0.25, -0.2) is 9.67 Å². The lowest BCUT2D eigenvalue weighted by Crippen LogP contribution is -2.14. The Morgan fingerprint density at radius 3 is 2.69 bits per heavy atom. The molecule has 0 aliphatic heterocycles. The summed E-state index contributed by atoms with van der Waals surface area (Å²) in [5.41, 5.74) is 6.14. The molecule has 5 rings (SSSR count). The zero-order valence-electron chi connectivity index (χ0n) is 17.9. The first kappa shape index (κ1) is 20.2. The second-order valence-electron chi connectivity index (χ2n) is 7.31. The van der Waals surface area contributed by atoms with Gasteiger partial charge in [0.15, 0.2) is 0 Å². The molecular weight excluding hydrogens is 420 g/mol. The summed E-state index contributed by atoms with van der Waals surface area (Å²) in [6.07, 6.45) is 5.37. The van der Waals surface area contributed by atoms with Gasteiger partial charge in [0.1, 0.15) is 11.5 Å². The van der Waals surface area contributed by atoms with Gasteiger partial charge in [-0.1, -0.05) is 24.3 Å². The van der Waals surface area contributed by atoms with Gasteiger partial charge in [0.25, 0.3) is 0 Å². The van der Waals surface area contributed by atoms with E-state index in [4.69, 9.17) is 19.6 Å². The summed E-state index contributed by atoms with van der Waals surface area (Å²) >= 11 is 1.53. The van der Waals surface area contributed by atoms with Crippen LogP contribution in [0.1, 0.15) is 17.5 Å². The molecule has 2 aromatic heterocycles. The average Bonchev–Trinajstić information content (AvgIpc) is 3.44. The molecule has 0 bridgehead atoms. The summed E-state index contributed by atoms with van der Waals surface area (Å²) in [6, 6.07) is 18.0. The van der Waals surface area contributed by atoms with Gasteiger partial charge in [-0.3, -0.25) is 4.98 Å². The smallest absolute Gasteiger partial charge is 0.211 e. The van der Waals surface area contributed by atoms with Crippen molar-refractivity contribution in [2.75, 3.05) is 14.2 Å². The first-order valence-corrected chi connectivity index (χ1v) is 11.2. The predicted octanol–water partition coefficient (Wildman–Crippen LogP) is 5.06. The molecule has 32 heavy (non-hydrogen) atoms. The fraction of sp³-hybridized carbons (Fsp3) is 0.160. The molecule has 0 amide bonds. The minimum Gasteiger partial charge on any atom is -0.497 e. The number of fused-ring (bicyclic) bond motifs is 1. The normalized spacial score (nSPS) is 14.6. The van der Waals surface area contributed by atoms with Gasteiger partial charge in [-0.2, -0.15) is 5.10 Å². The quantitative estimate of drug-likeness (QED) is 0.434. The van der Waals surface area contributed by atoms with Crippen molar-refractivity contribution in [3.63, 3.8) is 0 Å². The monoisotopic (exact) mass is 442 g/mol. The maximum atomic E-state index is 5.65. The number of ether oxygens (including phenoxy) is 2. The number of hydrogen-bond acceptors (Lipinski definition) is 6. The van der Waals surface area contributed by atoms with Gasteiger partial charge in [0, 0.05) is 22.7 Å². The van der Waals surface area contributed by atoms with E-state index >= 15 is 0 Å². The summed E-state index contributed by atoms with van der Waals surface area (Å²) in [4.78, 5) is 9.77. The van der Waals surface area contributed by atoms with E-state index < -0.39 is 0 Å². The van der Waals surface area contributed by atoms with E-state index in [1.165, 1.54) is 22.5 Å². The van der Waals surface area contributed by atoms with Crippen LogP contribution in [0.3, 0.4) is 0 Å². The first-order chi connectivity index (χ1) is 15.8. The molecule has 0 spiro atoms. The number of benzene rings is 2. The Morgan fingerprint density at radius 2 is 1.88 bits per heavy atom. The van der Waals surface area contributed by atoms with Crippen LogP contribution in [0.2, 0.25) is 0 Å². The number of aromatic nitrogens is 2. The number of pyridine rings is 1. The van der Waals surface area contributed by atoms with E-state index in [0.717, 1.165) is 51.8 Å². The molecule has 0 fully saturated rings. The van der Waals surface area contributed by atoms with E-state index in [9.17, 15) is 0 Å². The third-order valence-corrected chi connectivity index (χ3v) is 6.23. The molecule has 2 aromatic carbocycles. The number of rotatable bonds is 5. The molecule has 160 valence electrons. The number of hydrogen-bond donors (Lipinski definition) is 0. The van der Waals surface area contributed by atoms with Crippen molar-refractivity contribution in [1.82, 2.24) is 9.66 Å². The van der Waals surface area contributed by atoms with Crippen LogP contribution in [-0.4, -0.2) is 29.6 Å². The molecule has 6 nitrogen and oxygen atoms in total. The Kier molecular flexibility index (Phi) is 5.56. The second kappa shape index (κ2) is 8.80. The Labute approximate surface area is 190 Å². The molecule has 0 saturated carbocycles. The molecule has 7 heteroatoms. The fourth-order valence-corrected chi connectivity index (χ4v) is 4.68. The highest BCUT2D eigenvalue weighted by Crippen LogP contribution is 2.34. The Balaban J connectivity index is 1.74. The lowest BCUT2D eigenvalue weighted by molar-refractivity contribution is 0.404. The molecule has 0 saturated heterocycles. The summed E-state index contributed by atoms with van der Waals surface area (Å²) in [5.74, 6) is 1.50. The van der Waals surface area contributed by atoms with Crippen LogP contribution >= 0.6 is 11.3 Å². The summed E-state index contributed by atoms with van der Waals surface area (Å²) < 4.78 is 13.0. The largest absolute Gasteiger partial charge is 0.497 e. The van der Waals surface area contributed by atoms with E-state index in [1.807, 2.05) is 35.0 Å². The molecule has 4 aromatic rings. The van der Waals surface area contributed by atoms with Crippen LogP contribution in [0, 0.1) is 0 Å². The summed E-state index contributed by atoms with van der Waals surface area (Å²) in [7, 11) is 3.33. The molecule has 0 radical (unpaired) electrons. The molecule has 2 heterocycles. The van der Waals surface area contributed by atoms with Crippen LogP contribution in [0.15, 0.2) is 82.5 Å². The van der Waals surface area contributed by atoms with Crippen LogP contribution in [-0.2, 0) is 6.42 Å². The molecular formula is C25H22N4O2S. The third kappa shape index (κ3) is 3.83. The van der Waals surface area contributed by atoms with Gasteiger partial charge in [0.2, 0.25) is 4.80 Å². The minimum atomic E-state index is 0.747. The summed E-state index contributed by atoms with van der Waals surface area (Å²) in [6.45, 7) is 0. The topological polar surface area (TPSA) is 61.0 Å². The Hall–Kier alpha value is -3.71. The molecule has 0 atom stereocenters. The fourth-order valence-electron chi connectivity index (χ4n) is 3.84. The average molecular weight is 443 g/mol. The highest BCUT2D eigenvalue weighted by molar-refractivity contribution is 7.07. The van der Waals surface area contributed by atoms with Gasteiger partial charge >= 0.3 is 0 Å². The van der Waals surface area contributed by atoms with E-state index in [1.54, 1.807) is 26.6 Å². The van der Waals surface area contributed by atoms with Crippen LogP contribution < -0.4 is 14.3 Å². The highest BCUT2D eigenvalue weighted by Gasteiger charge is 2.20. The standard InChI is InChI=1S/C25H22N4O2S/c1-30-19-10-12-24(31-2)21(14-19)23-16-32-25(27-18-7-5-13-26-15-18)29(23)28-22-11-9-17-6-3-4-8-20(17)22/h3-8,10,12-16H,9,11H2,1-2H3. The van der Waals surface area contributed by atoms with Crippen molar-refractivity contribution in [3.05, 3.63) is 88.3 Å². The third-order valence-electron chi connectivity index (χ3n) is 5.42. The van der Waals surface area contributed by atoms with Crippen LogP contribution in [0.25, 0.3) is 11.3 Å². The summed E-state index contributed by atoms with van der Waals surface area (Å²) in [5, 5.41) is 7.15. The van der Waals surface area contributed by atoms with Crippen molar-refractivity contribution in [3.8, 4) is 22.8 Å². The zero-order valence-corrected chi connectivity index (χ0v) is 18.7. The number of nitrogens with zero attached hydrogens (tertiary/aromatic N) is 4. The maximum Gasteiger partial charge on any atom is 0.211 e. The highest BCUT2D eigenvalue weighted by atomic mass is 32.1. The van der Waals surface area contributed by atoms with Crippen LogP contribution in [0.4, 0.5) is 5.69 Å². The van der Waals surface area contributed by atoms with Crippen molar-refractivity contribution >= 4 is 22.7 Å². The van der Waals surface area contributed by atoms with Crippen LogP contribution in [0.5, 0.6) is 11.5 Å². The van der Waals surface area contributed by atoms with Gasteiger partial charge in [-0.05, 0) is 48.7 Å². The van der Waals surface area contributed by atoms with Gasteiger partial charge < -0.3 is 9.47 Å². The van der Waals surface area contributed by atoms with Gasteiger partial charge in [-0.15, -0.1) is 11.3 Å². The number of thiazole rings is 1.